The fourth-order valence-electron chi connectivity index (χ4n) is 3.22. The maximum atomic E-state index is 3.47. The largest absolute Gasteiger partial charge is 0.315 e. The van der Waals surface area contributed by atoms with Crippen molar-refractivity contribution in [3.05, 3.63) is 41.5 Å². The Balaban J connectivity index is 1.71. The Labute approximate surface area is 110 Å². The molecule has 0 aromatic heterocycles. The van der Waals surface area contributed by atoms with Crippen LogP contribution in [0.1, 0.15) is 30.4 Å². The molecule has 2 unspecified atom stereocenters. The van der Waals surface area contributed by atoms with Gasteiger partial charge in [-0.1, -0.05) is 43.3 Å². The Hall–Kier alpha value is -1.12. The van der Waals surface area contributed by atoms with Gasteiger partial charge in [0.15, 0.2) is 0 Å². The third kappa shape index (κ3) is 2.23. The molecule has 0 radical (unpaired) electrons. The topological polar surface area (TPSA) is 15.3 Å². The van der Waals surface area contributed by atoms with Crippen LogP contribution in [-0.2, 0) is 0 Å². The molecule has 0 spiro atoms. The van der Waals surface area contributed by atoms with E-state index in [0.29, 0.717) is 5.92 Å². The number of nitrogens with one attached hydrogen (secondary N) is 1. The molecule has 1 aromatic rings. The second kappa shape index (κ2) is 5.25. The quantitative estimate of drug-likeness (QED) is 0.872. The van der Waals surface area contributed by atoms with Gasteiger partial charge in [-0.25, -0.2) is 0 Å². The number of benzene rings is 1. The molecule has 1 N–H and O–H groups in total. The maximum absolute atomic E-state index is 3.47. The fourth-order valence-corrected chi connectivity index (χ4v) is 3.22. The zero-order valence-electron chi connectivity index (χ0n) is 11.1. The van der Waals surface area contributed by atoms with Crippen molar-refractivity contribution in [1.82, 2.24) is 10.2 Å². The van der Waals surface area contributed by atoms with Crippen molar-refractivity contribution in [2.45, 2.75) is 25.3 Å². The highest BCUT2D eigenvalue weighted by atomic mass is 15.2. The van der Waals surface area contributed by atoms with Crippen molar-refractivity contribution in [2.75, 3.05) is 26.2 Å². The Morgan fingerprint density at radius 3 is 3.00 bits per heavy atom. The molecule has 2 heteroatoms. The van der Waals surface area contributed by atoms with Gasteiger partial charge in [-0.2, -0.15) is 0 Å². The molecule has 18 heavy (non-hydrogen) atoms. The first-order valence-corrected chi connectivity index (χ1v) is 7.10. The van der Waals surface area contributed by atoms with E-state index < -0.39 is 0 Å². The Kier molecular flexibility index (Phi) is 3.48. The summed E-state index contributed by atoms with van der Waals surface area (Å²) in [6.45, 7) is 6.93. The standard InChI is InChI=1S/C16H22N2/c1-2-18(15-9-10-17-11-15)12-14-8-7-13-5-3-4-6-16(13)14/h3-8,14-15,17H,2,9-12H2,1H3. The van der Waals surface area contributed by atoms with Gasteiger partial charge < -0.3 is 5.32 Å². The molecule has 1 aromatic carbocycles. The van der Waals surface area contributed by atoms with Gasteiger partial charge in [-0.05, 0) is 30.6 Å². The molecular formula is C16H22N2. The van der Waals surface area contributed by atoms with Crippen molar-refractivity contribution in [3.63, 3.8) is 0 Å². The van der Waals surface area contributed by atoms with E-state index in [1.165, 1.54) is 24.1 Å². The van der Waals surface area contributed by atoms with Crippen LogP contribution in [0.4, 0.5) is 0 Å². The zero-order chi connectivity index (χ0) is 12.4. The van der Waals surface area contributed by atoms with Crippen LogP contribution >= 0.6 is 0 Å². The van der Waals surface area contributed by atoms with Crippen molar-refractivity contribution >= 4 is 6.08 Å². The molecule has 96 valence electrons. The van der Waals surface area contributed by atoms with E-state index in [4.69, 9.17) is 0 Å². The minimum Gasteiger partial charge on any atom is -0.315 e. The normalized spacial score (nSPS) is 25.9. The lowest BCUT2D eigenvalue weighted by molar-refractivity contribution is 0.214. The van der Waals surface area contributed by atoms with E-state index in [0.717, 1.165) is 25.7 Å². The van der Waals surface area contributed by atoms with Gasteiger partial charge in [0.05, 0.1) is 0 Å². The van der Waals surface area contributed by atoms with Crippen LogP contribution in [0.3, 0.4) is 0 Å². The van der Waals surface area contributed by atoms with Crippen molar-refractivity contribution in [2.24, 2.45) is 0 Å². The number of likely N-dealkylation sites (N-methyl/N-ethyl adjacent to an activating group) is 1. The molecule has 0 saturated carbocycles. The monoisotopic (exact) mass is 242 g/mol. The first-order valence-electron chi connectivity index (χ1n) is 7.10. The maximum Gasteiger partial charge on any atom is 0.0232 e. The van der Waals surface area contributed by atoms with E-state index in [-0.39, 0.29) is 0 Å². The minimum absolute atomic E-state index is 0.585. The first-order chi connectivity index (χ1) is 8.88. The van der Waals surface area contributed by atoms with Crippen LogP contribution in [0.2, 0.25) is 0 Å². The number of fused-ring (bicyclic) bond motifs is 1. The van der Waals surface area contributed by atoms with Crippen LogP contribution in [0.15, 0.2) is 30.3 Å². The summed E-state index contributed by atoms with van der Waals surface area (Å²) >= 11 is 0. The van der Waals surface area contributed by atoms with Crippen LogP contribution in [0.5, 0.6) is 0 Å². The van der Waals surface area contributed by atoms with Gasteiger partial charge in [0.1, 0.15) is 0 Å². The van der Waals surface area contributed by atoms with Gasteiger partial charge in [0, 0.05) is 25.0 Å². The third-order valence-corrected chi connectivity index (χ3v) is 4.29. The molecular weight excluding hydrogens is 220 g/mol. The lowest BCUT2D eigenvalue weighted by Gasteiger charge is -2.29. The predicted octanol–water partition coefficient (Wildman–Crippen LogP) is 2.48. The van der Waals surface area contributed by atoms with Crippen LogP contribution in [0.25, 0.3) is 6.08 Å². The molecule has 3 rings (SSSR count). The Morgan fingerprint density at radius 1 is 1.33 bits per heavy atom. The number of hydrogen-bond acceptors (Lipinski definition) is 2. The van der Waals surface area contributed by atoms with Gasteiger partial charge in [-0.3, -0.25) is 4.90 Å². The fraction of sp³-hybridized carbons (Fsp3) is 0.500. The molecule has 1 aliphatic carbocycles. The summed E-state index contributed by atoms with van der Waals surface area (Å²) in [5.41, 5.74) is 2.91. The SMILES string of the molecule is CCN(CC1C=Cc2ccccc21)C1CCNC1. The third-order valence-electron chi connectivity index (χ3n) is 4.29. The van der Waals surface area contributed by atoms with Crippen molar-refractivity contribution < 1.29 is 0 Å². The summed E-state index contributed by atoms with van der Waals surface area (Å²) in [6.07, 6.45) is 5.95. The summed E-state index contributed by atoms with van der Waals surface area (Å²) in [5.74, 6) is 0.585. The zero-order valence-corrected chi connectivity index (χ0v) is 11.1. The molecule has 2 atom stereocenters. The van der Waals surface area contributed by atoms with Gasteiger partial charge in [0.2, 0.25) is 0 Å². The first kappa shape index (κ1) is 11.9. The van der Waals surface area contributed by atoms with E-state index in [2.05, 4.69) is 53.6 Å². The molecule has 2 nitrogen and oxygen atoms in total. The molecule has 1 saturated heterocycles. The van der Waals surface area contributed by atoms with Gasteiger partial charge in [0.25, 0.3) is 0 Å². The molecule has 1 aliphatic heterocycles. The summed E-state index contributed by atoms with van der Waals surface area (Å²) in [5, 5.41) is 3.47. The lowest BCUT2D eigenvalue weighted by Crippen LogP contribution is -2.39. The average molecular weight is 242 g/mol. The number of rotatable bonds is 4. The highest BCUT2D eigenvalue weighted by Gasteiger charge is 2.25. The van der Waals surface area contributed by atoms with Crippen LogP contribution in [-0.4, -0.2) is 37.1 Å². The minimum atomic E-state index is 0.585. The number of nitrogens with zero attached hydrogens (tertiary/aromatic N) is 1. The molecule has 1 heterocycles. The second-order valence-electron chi connectivity index (χ2n) is 5.33. The van der Waals surface area contributed by atoms with Gasteiger partial charge >= 0.3 is 0 Å². The highest BCUT2D eigenvalue weighted by molar-refractivity contribution is 5.62. The number of hydrogen-bond donors (Lipinski definition) is 1. The van der Waals surface area contributed by atoms with Gasteiger partial charge in [-0.15, -0.1) is 0 Å². The summed E-state index contributed by atoms with van der Waals surface area (Å²) in [7, 11) is 0. The predicted molar refractivity (Wildman–Crippen MR) is 76.7 cm³/mol. The Morgan fingerprint density at radius 2 is 2.22 bits per heavy atom. The van der Waals surface area contributed by atoms with Crippen molar-refractivity contribution in [1.29, 1.82) is 0 Å². The Bertz CT molecular complexity index is 432. The average Bonchev–Trinajstić information content (AvgIpc) is 3.06. The molecule has 1 fully saturated rings. The highest BCUT2D eigenvalue weighted by Crippen LogP contribution is 2.31. The van der Waals surface area contributed by atoms with Crippen molar-refractivity contribution in [3.8, 4) is 0 Å². The summed E-state index contributed by atoms with van der Waals surface area (Å²) in [4.78, 5) is 2.64. The van der Waals surface area contributed by atoms with E-state index in [1.807, 2.05) is 0 Å². The van der Waals surface area contributed by atoms with E-state index in [9.17, 15) is 0 Å². The molecule has 0 amide bonds. The summed E-state index contributed by atoms with van der Waals surface area (Å²) in [6, 6.07) is 9.52. The van der Waals surface area contributed by atoms with E-state index >= 15 is 0 Å². The van der Waals surface area contributed by atoms with Crippen LogP contribution in [0, 0.1) is 0 Å². The summed E-state index contributed by atoms with van der Waals surface area (Å²) < 4.78 is 0. The lowest BCUT2D eigenvalue weighted by atomic mass is 9.99. The van der Waals surface area contributed by atoms with Crippen LogP contribution < -0.4 is 5.32 Å². The molecule has 2 aliphatic rings. The molecule has 0 bridgehead atoms. The van der Waals surface area contributed by atoms with E-state index in [1.54, 1.807) is 0 Å². The smallest absolute Gasteiger partial charge is 0.0232 e. The second-order valence-corrected chi connectivity index (χ2v) is 5.33.